The summed E-state index contributed by atoms with van der Waals surface area (Å²) in [4.78, 5) is 31.2. The first-order valence-corrected chi connectivity index (χ1v) is 9.07. The summed E-state index contributed by atoms with van der Waals surface area (Å²) in [6.45, 7) is 0.626. The Bertz CT molecular complexity index is 578. The van der Waals surface area contributed by atoms with Crippen LogP contribution in [0.5, 0.6) is 0 Å². The van der Waals surface area contributed by atoms with Crippen molar-refractivity contribution in [2.75, 3.05) is 13.6 Å². The van der Waals surface area contributed by atoms with E-state index in [1.165, 1.54) is 19.3 Å². The Hall–Kier alpha value is -1.91. The van der Waals surface area contributed by atoms with Crippen molar-refractivity contribution < 1.29 is 9.59 Å². The molecule has 0 saturated heterocycles. The van der Waals surface area contributed by atoms with Crippen molar-refractivity contribution in [1.82, 2.24) is 15.2 Å². The maximum absolute atomic E-state index is 12.8. The first kappa shape index (κ1) is 16.9. The van der Waals surface area contributed by atoms with Gasteiger partial charge in [-0.15, -0.1) is 0 Å². The van der Waals surface area contributed by atoms with Crippen molar-refractivity contribution in [1.29, 1.82) is 0 Å². The molecule has 5 heteroatoms. The maximum atomic E-state index is 12.8. The second kappa shape index (κ2) is 7.32. The predicted molar refractivity (Wildman–Crippen MR) is 92.3 cm³/mol. The molecule has 0 bridgehead atoms. The van der Waals surface area contributed by atoms with E-state index in [9.17, 15) is 9.59 Å². The van der Waals surface area contributed by atoms with Gasteiger partial charge < -0.3 is 10.2 Å². The van der Waals surface area contributed by atoms with E-state index < -0.39 is 5.41 Å². The van der Waals surface area contributed by atoms with Crippen LogP contribution < -0.4 is 5.32 Å². The highest BCUT2D eigenvalue weighted by Crippen LogP contribution is 2.47. The fraction of sp³-hybridized carbons (Fsp3) is 0.632. The van der Waals surface area contributed by atoms with Crippen molar-refractivity contribution in [3.63, 3.8) is 0 Å². The number of carbonyl (C=O) groups is 2. The van der Waals surface area contributed by atoms with Gasteiger partial charge in [-0.2, -0.15) is 0 Å². The standard InChI is InChI=1S/C19H27N3O2/c1-22(14-9-15-7-12-20-13-8-15)18(24)19(10-11-19)17(23)21-16-5-3-2-4-6-16/h7-8,12-13,16H,2-6,9-11,14H2,1H3,(H,21,23). The van der Waals surface area contributed by atoms with E-state index in [4.69, 9.17) is 0 Å². The Morgan fingerprint density at radius 1 is 1.21 bits per heavy atom. The topological polar surface area (TPSA) is 62.3 Å². The summed E-state index contributed by atoms with van der Waals surface area (Å²) in [5, 5.41) is 3.14. The average molecular weight is 329 g/mol. The zero-order chi connectivity index (χ0) is 17.0. The number of nitrogens with one attached hydrogen (secondary N) is 1. The zero-order valence-corrected chi connectivity index (χ0v) is 14.5. The summed E-state index contributed by atoms with van der Waals surface area (Å²) in [5.41, 5.74) is 0.367. The highest BCUT2D eigenvalue weighted by Gasteiger charge is 2.57. The van der Waals surface area contributed by atoms with Crippen molar-refractivity contribution in [2.45, 2.75) is 57.4 Å². The fourth-order valence-corrected chi connectivity index (χ4v) is 3.55. The lowest BCUT2D eigenvalue weighted by molar-refractivity contribution is -0.143. The summed E-state index contributed by atoms with van der Waals surface area (Å²) in [6, 6.07) is 4.18. The quantitative estimate of drug-likeness (QED) is 0.815. The van der Waals surface area contributed by atoms with E-state index in [0.717, 1.165) is 24.8 Å². The highest BCUT2D eigenvalue weighted by atomic mass is 16.2. The fourth-order valence-electron chi connectivity index (χ4n) is 3.55. The molecule has 0 unspecified atom stereocenters. The molecule has 5 nitrogen and oxygen atoms in total. The number of carbonyl (C=O) groups excluding carboxylic acids is 2. The van der Waals surface area contributed by atoms with Crippen molar-refractivity contribution in [3.8, 4) is 0 Å². The van der Waals surface area contributed by atoms with Crippen LogP contribution in [-0.2, 0) is 16.0 Å². The first-order chi connectivity index (χ1) is 11.6. The molecule has 24 heavy (non-hydrogen) atoms. The van der Waals surface area contributed by atoms with Gasteiger partial charge in [0.1, 0.15) is 5.41 Å². The lowest BCUT2D eigenvalue weighted by Gasteiger charge is -2.27. The van der Waals surface area contributed by atoms with Crippen LogP contribution in [0.25, 0.3) is 0 Å². The monoisotopic (exact) mass is 329 g/mol. The minimum atomic E-state index is -0.787. The van der Waals surface area contributed by atoms with Gasteiger partial charge in [-0.05, 0) is 49.8 Å². The third kappa shape index (κ3) is 3.77. The van der Waals surface area contributed by atoms with Crippen LogP contribution in [0.4, 0.5) is 0 Å². The lowest BCUT2D eigenvalue weighted by Crippen LogP contribution is -2.47. The molecule has 0 aromatic carbocycles. The largest absolute Gasteiger partial charge is 0.352 e. The van der Waals surface area contributed by atoms with Crippen LogP contribution in [0.1, 0.15) is 50.5 Å². The Morgan fingerprint density at radius 3 is 2.50 bits per heavy atom. The summed E-state index contributed by atoms with van der Waals surface area (Å²) >= 11 is 0. The van der Waals surface area contributed by atoms with Gasteiger partial charge in [0.25, 0.3) is 0 Å². The molecule has 3 rings (SSSR count). The number of pyridine rings is 1. The predicted octanol–water partition coefficient (Wildman–Crippen LogP) is 2.31. The van der Waals surface area contributed by atoms with E-state index in [1.54, 1.807) is 24.3 Å². The van der Waals surface area contributed by atoms with Gasteiger partial charge in [0.2, 0.25) is 11.8 Å². The molecule has 2 saturated carbocycles. The van der Waals surface area contributed by atoms with Crippen molar-refractivity contribution in [2.24, 2.45) is 5.41 Å². The highest BCUT2D eigenvalue weighted by molar-refractivity contribution is 6.07. The molecule has 0 spiro atoms. The van der Waals surface area contributed by atoms with Crippen LogP contribution in [0.15, 0.2) is 24.5 Å². The van der Waals surface area contributed by atoms with E-state index >= 15 is 0 Å². The normalized spacial score (nSPS) is 19.5. The zero-order valence-electron chi connectivity index (χ0n) is 14.5. The van der Waals surface area contributed by atoms with E-state index in [0.29, 0.717) is 19.4 Å². The molecule has 130 valence electrons. The van der Waals surface area contributed by atoms with Crippen molar-refractivity contribution in [3.05, 3.63) is 30.1 Å². The minimum Gasteiger partial charge on any atom is -0.352 e. The van der Waals surface area contributed by atoms with Gasteiger partial charge in [0.15, 0.2) is 0 Å². The molecule has 0 radical (unpaired) electrons. The molecule has 2 fully saturated rings. The van der Waals surface area contributed by atoms with Crippen LogP contribution in [0, 0.1) is 5.41 Å². The number of aromatic nitrogens is 1. The minimum absolute atomic E-state index is 0.0233. The van der Waals surface area contributed by atoms with Gasteiger partial charge in [0, 0.05) is 32.0 Å². The van der Waals surface area contributed by atoms with Crippen LogP contribution in [0.3, 0.4) is 0 Å². The number of likely N-dealkylation sites (N-methyl/N-ethyl adjacent to an activating group) is 1. The van der Waals surface area contributed by atoms with Crippen LogP contribution in [-0.4, -0.2) is 41.3 Å². The van der Waals surface area contributed by atoms with Gasteiger partial charge in [-0.3, -0.25) is 14.6 Å². The lowest BCUT2D eigenvalue weighted by atomic mass is 9.94. The Kier molecular flexibility index (Phi) is 5.17. The summed E-state index contributed by atoms with van der Waals surface area (Å²) < 4.78 is 0. The van der Waals surface area contributed by atoms with Gasteiger partial charge in [-0.25, -0.2) is 0 Å². The van der Waals surface area contributed by atoms with Crippen LogP contribution in [0.2, 0.25) is 0 Å². The second-order valence-corrected chi connectivity index (χ2v) is 7.22. The molecular weight excluding hydrogens is 302 g/mol. The number of rotatable bonds is 6. The molecule has 1 heterocycles. The Morgan fingerprint density at radius 2 is 1.88 bits per heavy atom. The SMILES string of the molecule is CN(CCc1ccncc1)C(=O)C1(C(=O)NC2CCCCC2)CC1. The molecule has 0 aliphatic heterocycles. The second-order valence-electron chi connectivity index (χ2n) is 7.22. The molecule has 2 aliphatic carbocycles. The third-order valence-corrected chi connectivity index (χ3v) is 5.37. The van der Waals surface area contributed by atoms with Crippen molar-refractivity contribution >= 4 is 11.8 Å². The van der Waals surface area contributed by atoms with Gasteiger partial charge in [-0.1, -0.05) is 19.3 Å². The Balaban J connectivity index is 1.53. The molecule has 2 amide bonds. The summed E-state index contributed by atoms with van der Waals surface area (Å²) in [5.74, 6) is -0.0694. The molecule has 2 aliphatic rings. The van der Waals surface area contributed by atoms with E-state index in [1.807, 2.05) is 12.1 Å². The maximum Gasteiger partial charge on any atom is 0.238 e. The number of hydrogen-bond donors (Lipinski definition) is 1. The average Bonchev–Trinajstić information content (AvgIpc) is 3.43. The number of hydrogen-bond acceptors (Lipinski definition) is 3. The molecule has 1 aromatic heterocycles. The molecule has 1 aromatic rings. The Labute approximate surface area is 143 Å². The molecule has 0 atom stereocenters. The first-order valence-electron chi connectivity index (χ1n) is 9.07. The number of nitrogens with zero attached hydrogens (tertiary/aromatic N) is 2. The number of amides is 2. The third-order valence-electron chi connectivity index (χ3n) is 5.37. The summed E-state index contributed by atoms with van der Waals surface area (Å²) in [7, 11) is 1.80. The van der Waals surface area contributed by atoms with Gasteiger partial charge >= 0.3 is 0 Å². The molecular formula is C19H27N3O2. The molecule has 1 N–H and O–H groups in total. The summed E-state index contributed by atoms with van der Waals surface area (Å²) in [6.07, 6.45) is 11.4. The van der Waals surface area contributed by atoms with E-state index in [2.05, 4.69) is 10.3 Å². The van der Waals surface area contributed by atoms with E-state index in [-0.39, 0.29) is 17.9 Å². The smallest absolute Gasteiger partial charge is 0.238 e. The van der Waals surface area contributed by atoms with Crippen LogP contribution >= 0.6 is 0 Å². The van der Waals surface area contributed by atoms with Gasteiger partial charge in [0.05, 0.1) is 0 Å².